The molecule has 1 atom stereocenters. The quantitative estimate of drug-likeness (QED) is 0.191. The number of carbonyl (C=O) groups excluding carboxylic acids is 4. The minimum absolute atomic E-state index is 0. The average molecular weight is 571 g/mol. The number of allylic oxidation sites excluding steroid dienone is 1. The van der Waals surface area contributed by atoms with E-state index in [1.165, 1.54) is 6.92 Å². The molecule has 1 rings (SSSR count). The van der Waals surface area contributed by atoms with E-state index in [4.69, 9.17) is 29.3 Å². The first-order valence-corrected chi connectivity index (χ1v) is 7.25. The summed E-state index contributed by atoms with van der Waals surface area (Å²) in [4.78, 5) is 54.7. The van der Waals surface area contributed by atoms with Gasteiger partial charge in [0.15, 0.2) is 0 Å². The lowest BCUT2D eigenvalue weighted by molar-refractivity contribution is -0.191. The molecule has 0 saturated carbocycles. The smallest absolute Gasteiger partial charge is 0.373 e. The van der Waals surface area contributed by atoms with Gasteiger partial charge in [-0.05, 0) is 26.7 Å². The summed E-state index contributed by atoms with van der Waals surface area (Å²) < 4.78 is 4.72. The van der Waals surface area contributed by atoms with Crippen LogP contribution in [-0.2, 0) is 33.5 Å². The van der Waals surface area contributed by atoms with Crippen LogP contribution in [-0.4, -0.2) is 46.7 Å². The van der Waals surface area contributed by atoms with Crippen molar-refractivity contribution in [2.75, 3.05) is 0 Å². The summed E-state index contributed by atoms with van der Waals surface area (Å²) in [6.07, 6.45) is 5.00. The molecule has 0 amide bonds. The Morgan fingerprint density at radius 3 is 1.24 bits per heavy atom. The van der Waals surface area contributed by atoms with Gasteiger partial charge in [-0.1, -0.05) is 110 Å². The number of carbonyl (C=O) groups is 4. The molecule has 0 spiro atoms. The predicted octanol–water partition coefficient (Wildman–Crippen LogP) is 10.1. The Balaban J connectivity index is -0.00000000926. The molecule has 1 saturated heterocycles. The van der Waals surface area contributed by atoms with E-state index in [0.29, 0.717) is 6.42 Å². The first kappa shape index (κ1) is 124. The second-order valence-corrected chi connectivity index (χ2v) is 4.32. The van der Waals surface area contributed by atoms with Crippen LogP contribution in [0.25, 0.3) is 0 Å². The van der Waals surface area contributed by atoms with Gasteiger partial charge in [0.05, 0.1) is 12.5 Å². The first-order chi connectivity index (χ1) is 11.7. The van der Waals surface area contributed by atoms with Crippen LogP contribution in [0, 0.1) is 0 Å². The summed E-state index contributed by atoms with van der Waals surface area (Å²) in [5.41, 5.74) is 0. The molecule has 0 bridgehead atoms. The molecular formula is C29H78O9. The van der Waals surface area contributed by atoms with Crippen molar-refractivity contribution in [1.82, 2.24) is 0 Å². The number of ketones is 1. The minimum atomic E-state index is -0.916. The summed E-state index contributed by atoms with van der Waals surface area (Å²) in [5, 5.41) is 14.9. The Bertz CT molecular complexity index is 402. The Morgan fingerprint density at radius 2 is 1.18 bits per heavy atom. The second kappa shape index (κ2) is 114. The number of aliphatic carboxylic acids is 1. The van der Waals surface area contributed by atoms with Crippen molar-refractivity contribution in [3.63, 3.8) is 0 Å². The minimum Gasteiger partial charge on any atom is -0.483 e. The van der Waals surface area contributed by atoms with Crippen LogP contribution in [0.5, 0.6) is 0 Å². The molecule has 0 aromatic rings. The first-order valence-electron chi connectivity index (χ1n) is 7.25. The molecule has 9 heteroatoms. The van der Waals surface area contributed by atoms with Gasteiger partial charge in [-0.2, -0.15) is 9.59 Å². The maximum absolute atomic E-state index is 10.2. The van der Waals surface area contributed by atoms with E-state index in [-0.39, 0.29) is 140 Å². The SMILES string of the molecule is C.C.C.C.C.C.C.C.C.C.C.C.C.C=CCC.CC(=O)CCC(=O)O.CC1CCC(=O)O1.O=C=O.O=CO. The maximum Gasteiger partial charge on any atom is 0.373 e. The Morgan fingerprint density at radius 1 is 0.921 bits per heavy atom. The van der Waals surface area contributed by atoms with Crippen molar-refractivity contribution in [3.05, 3.63) is 12.7 Å². The number of rotatable bonds is 4. The molecule has 0 aromatic heterocycles. The highest BCUT2D eigenvalue weighted by Crippen LogP contribution is 2.11. The van der Waals surface area contributed by atoms with Gasteiger partial charge in [0.2, 0.25) is 0 Å². The van der Waals surface area contributed by atoms with E-state index in [1.807, 2.05) is 13.0 Å². The number of esters is 1. The van der Waals surface area contributed by atoms with Crippen LogP contribution >= 0.6 is 0 Å². The lowest BCUT2D eigenvalue weighted by Gasteiger charge is -1.95. The predicted molar refractivity (Wildman–Crippen MR) is 174 cm³/mol. The number of Topliss-reactive ketones (excluding diaryl/α,β-unsaturated/α-hetero) is 1. The van der Waals surface area contributed by atoms with E-state index in [0.717, 1.165) is 12.8 Å². The van der Waals surface area contributed by atoms with Gasteiger partial charge in [0.1, 0.15) is 5.78 Å². The molecule has 1 aliphatic heterocycles. The lowest BCUT2D eigenvalue weighted by atomic mass is 10.2. The van der Waals surface area contributed by atoms with E-state index in [2.05, 4.69) is 13.5 Å². The fraction of sp³-hybridized carbons (Fsp3) is 0.759. The molecule has 9 nitrogen and oxygen atoms in total. The number of carboxylic acids is 1. The normalized spacial score (nSPS) is 8.61. The van der Waals surface area contributed by atoms with Crippen molar-refractivity contribution in [1.29, 1.82) is 0 Å². The molecule has 1 aliphatic rings. The highest BCUT2D eigenvalue weighted by atomic mass is 16.5. The van der Waals surface area contributed by atoms with Gasteiger partial charge in [0.25, 0.3) is 6.47 Å². The van der Waals surface area contributed by atoms with Crippen LogP contribution in [0.15, 0.2) is 12.7 Å². The van der Waals surface area contributed by atoms with Crippen LogP contribution in [0.1, 0.15) is 149 Å². The van der Waals surface area contributed by atoms with Crippen molar-refractivity contribution in [2.45, 2.75) is 156 Å². The van der Waals surface area contributed by atoms with Crippen molar-refractivity contribution < 1.29 is 43.7 Å². The monoisotopic (exact) mass is 571 g/mol. The Kier molecular flexibility index (Phi) is 372. The zero-order chi connectivity index (χ0) is 20.7. The third kappa shape index (κ3) is 231. The van der Waals surface area contributed by atoms with Crippen molar-refractivity contribution in [3.8, 4) is 0 Å². The standard InChI is InChI=1S/C5H8O3.C5H8O2.C4H8.CH2O2.CO2.13CH4/c1-4(6)2-3-5(7)8;1-4-2-3-5(6)7-4;1-3-4-2;2*2-1-3;;;;;;;;;;;;;/h2-3H2,1H3,(H,7,8);4H,2-3H2,1H3;3H,1,4H2,2H3;1H,(H,2,3);;13*1H4. The molecular weight excluding hydrogens is 492 g/mol. The van der Waals surface area contributed by atoms with E-state index < -0.39 is 5.97 Å². The third-order valence-electron chi connectivity index (χ3n) is 2.07. The van der Waals surface area contributed by atoms with Crippen molar-refractivity contribution >= 4 is 30.3 Å². The van der Waals surface area contributed by atoms with E-state index in [1.54, 1.807) is 0 Å². The molecule has 0 aromatic carbocycles. The number of ether oxygens (including phenoxy) is 1. The summed E-state index contributed by atoms with van der Waals surface area (Å²) in [7, 11) is 0. The highest BCUT2D eigenvalue weighted by Gasteiger charge is 2.17. The highest BCUT2D eigenvalue weighted by molar-refractivity contribution is 5.80. The Hall–Kier alpha value is -2.80. The van der Waals surface area contributed by atoms with Gasteiger partial charge < -0.3 is 19.7 Å². The molecule has 1 unspecified atom stereocenters. The van der Waals surface area contributed by atoms with Crippen LogP contribution in [0.2, 0.25) is 0 Å². The topological polar surface area (TPSA) is 152 Å². The molecule has 0 radical (unpaired) electrons. The largest absolute Gasteiger partial charge is 0.483 e. The summed E-state index contributed by atoms with van der Waals surface area (Å²) in [6.45, 7) is 8.58. The van der Waals surface area contributed by atoms with E-state index in [9.17, 15) is 14.4 Å². The fourth-order valence-electron chi connectivity index (χ4n) is 0.946. The van der Waals surface area contributed by atoms with Gasteiger partial charge in [0, 0.05) is 12.8 Å². The van der Waals surface area contributed by atoms with Gasteiger partial charge in [-0.25, -0.2) is 0 Å². The Labute approximate surface area is 242 Å². The van der Waals surface area contributed by atoms with Crippen LogP contribution < -0.4 is 0 Å². The fourth-order valence-corrected chi connectivity index (χ4v) is 0.946. The number of hydrogen-bond donors (Lipinski definition) is 2. The molecule has 1 heterocycles. The second-order valence-electron chi connectivity index (χ2n) is 4.32. The molecule has 1 fully saturated rings. The number of cyclic esters (lactones) is 1. The summed E-state index contributed by atoms with van der Waals surface area (Å²) in [5.74, 6) is -1.04. The van der Waals surface area contributed by atoms with Crippen molar-refractivity contribution in [2.24, 2.45) is 0 Å². The summed E-state index contributed by atoms with van der Waals surface area (Å²) in [6, 6.07) is 0. The molecule has 248 valence electrons. The molecule has 38 heavy (non-hydrogen) atoms. The number of hydrogen-bond acceptors (Lipinski definition) is 7. The van der Waals surface area contributed by atoms with Crippen LogP contribution in [0.4, 0.5) is 0 Å². The average Bonchev–Trinajstić information content (AvgIpc) is 2.91. The summed E-state index contributed by atoms with van der Waals surface area (Å²) >= 11 is 0. The molecule has 2 N–H and O–H groups in total. The zero-order valence-corrected chi connectivity index (χ0v) is 14.7. The van der Waals surface area contributed by atoms with E-state index >= 15 is 0 Å². The zero-order valence-electron chi connectivity index (χ0n) is 14.7. The lowest BCUT2D eigenvalue weighted by Crippen LogP contribution is -1.98. The maximum atomic E-state index is 10.2. The third-order valence-corrected chi connectivity index (χ3v) is 2.07. The van der Waals surface area contributed by atoms with Crippen LogP contribution in [0.3, 0.4) is 0 Å². The molecule has 0 aliphatic carbocycles. The van der Waals surface area contributed by atoms with Gasteiger partial charge in [-0.15, -0.1) is 6.58 Å². The van der Waals surface area contributed by atoms with Gasteiger partial charge in [-0.3, -0.25) is 14.4 Å². The van der Waals surface area contributed by atoms with Gasteiger partial charge >= 0.3 is 18.1 Å². The number of carboxylic acid groups (broad SMARTS) is 2.